The molecule has 0 radical (unpaired) electrons. The summed E-state index contributed by atoms with van der Waals surface area (Å²) in [6, 6.07) is 10.6. The van der Waals surface area contributed by atoms with E-state index in [1.807, 2.05) is 17.4 Å². The fraction of sp³-hybridized carbons (Fsp3) is 0.389. The number of hydrogen-bond acceptors (Lipinski definition) is 3. The van der Waals surface area contributed by atoms with Gasteiger partial charge in [0, 0.05) is 23.3 Å². The van der Waals surface area contributed by atoms with Crippen LogP contribution in [-0.2, 0) is 19.5 Å². The maximum atomic E-state index is 5.29. The van der Waals surface area contributed by atoms with E-state index in [4.69, 9.17) is 4.74 Å². The van der Waals surface area contributed by atoms with Crippen LogP contribution in [-0.4, -0.2) is 20.1 Å². The topological polar surface area (TPSA) is 45.7 Å². The van der Waals surface area contributed by atoms with Gasteiger partial charge in [0.25, 0.3) is 0 Å². The summed E-state index contributed by atoms with van der Waals surface area (Å²) in [6.07, 6.45) is 1.09. The first-order chi connectivity index (χ1) is 11.2. The number of nitrogens with zero attached hydrogens (tertiary/aromatic N) is 1. The summed E-state index contributed by atoms with van der Waals surface area (Å²) in [7, 11) is 3.49. The van der Waals surface area contributed by atoms with Crippen molar-refractivity contribution < 1.29 is 4.74 Å². The van der Waals surface area contributed by atoms with Crippen LogP contribution in [0.15, 0.2) is 35.3 Å². The molecule has 0 unspecified atom stereocenters. The Balaban J connectivity index is 1.86. The molecule has 0 aliphatic carbocycles. The molecule has 23 heavy (non-hydrogen) atoms. The minimum Gasteiger partial charge on any atom is -0.496 e. The Morgan fingerprint density at radius 1 is 1.13 bits per heavy atom. The fourth-order valence-corrected chi connectivity index (χ4v) is 3.23. The Hall–Kier alpha value is -2.01. The second-order valence-corrected chi connectivity index (χ2v) is 6.56. The van der Waals surface area contributed by atoms with Crippen LogP contribution in [0.5, 0.6) is 5.75 Å². The number of hydrogen-bond donors (Lipinski definition) is 2. The lowest BCUT2D eigenvalue weighted by atomic mass is 10.1. The van der Waals surface area contributed by atoms with Gasteiger partial charge in [-0.15, -0.1) is 11.3 Å². The number of thiophene rings is 1. The van der Waals surface area contributed by atoms with Crippen LogP contribution in [0.2, 0.25) is 0 Å². The van der Waals surface area contributed by atoms with Crippen LogP contribution < -0.4 is 15.4 Å². The second-order valence-electron chi connectivity index (χ2n) is 5.30. The lowest BCUT2D eigenvalue weighted by Crippen LogP contribution is -2.36. The zero-order valence-corrected chi connectivity index (χ0v) is 15.1. The Morgan fingerprint density at radius 3 is 2.48 bits per heavy atom. The van der Waals surface area contributed by atoms with Crippen molar-refractivity contribution in [1.29, 1.82) is 0 Å². The van der Waals surface area contributed by atoms with Crippen molar-refractivity contribution in [2.24, 2.45) is 4.99 Å². The third-order valence-electron chi connectivity index (χ3n) is 3.64. The molecule has 0 aliphatic rings. The smallest absolute Gasteiger partial charge is 0.191 e. The molecule has 2 N–H and O–H groups in total. The molecule has 0 amide bonds. The van der Waals surface area contributed by atoms with Gasteiger partial charge in [-0.1, -0.05) is 19.1 Å². The third kappa shape index (κ3) is 4.99. The summed E-state index contributed by atoms with van der Waals surface area (Å²) in [6.45, 7) is 5.76. The number of nitrogens with one attached hydrogen (secondary N) is 2. The fourth-order valence-electron chi connectivity index (χ4n) is 2.34. The minimum atomic E-state index is 0.731. The molecule has 124 valence electrons. The second kappa shape index (κ2) is 8.58. The van der Waals surface area contributed by atoms with Gasteiger partial charge in [-0.25, -0.2) is 0 Å². The van der Waals surface area contributed by atoms with Crippen molar-refractivity contribution in [3.05, 3.63) is 51.2 Å². The van der Waals surface area contributed by atoms with Crippen molar-refractivity contribution in [2.75, 3.05) is 14.2 Å². The highest BCUT2D eigenvalue weighted by atomic mass is 32.1. The van der Waals surface area contributed by atoms with Gasteiger partial charge in [0.2, 0.25) is 0 Å². The molecule has 0 spiro atoms. The van der Waals surface area contributed by atoms with E-state index in [9.17, 15) is 0 Å². The van der Waals surface area contributed by atoms with Crippen LogP contribution in [0.4, 0.5) is 0 Å². The maximum Gasteiger partial charge on any atom is 0.191 e. The first-order valence-corrected chi connectivity index (χ1v) is 8.63. The van der Waals surface area contributed by atoms with Crippen LogP contribution in [0.3, 0.4) is 0 Å². The van der Waals surface area contributed by atoms with Crippen LogP contribution in [0, 0.1) is 6.92 Å². The van der Waals surface area contributed by atoms with Gasteiger partial charge in [-0.2, -0.15) is 0 Å². The summed E-state index contributed by atoms with van der Waals surface area (Å²) >= 11 is 1.85. The minimum absolute atomic E-state index is 0.731. The zero-order chi connectivity index (χ0) is 16.7. The summed E-state index contributed by atoms with van der Waals surface area (Å²) < 4.78 is 5.29. The number of aliphatic imine (C=N–C) groups is 1. The highest BCUT2D eigenvalue weighted by Gasteiger charge is 2.03. The van der Waals surface area contributed by atoms with Gasteiger partial charge >= 0.3 is 0 Å². The molecule has 1 heterocycles. The van der Waals surface area contributed by atoms with E-state index >= 15 is 0 Å². The molecular formula is C18H25N3OS. The maximum absolute atomic E-state index is 5.29. The van der Waals surface area contributed by atoms with Crippen molar-refractivity contribution in [3.8, 4) is 5.75 Å². The highest BCUT2D eigenvalue weighted by molar-refractivity contribution is 7.11. The standard InChI is InChI=1S/C18H25N3OS/c1-5-15-7-8-16(23-15)12-21-18(19-3)20-11-14-6-9-17(22-4)13(2)10-14/h6-10H,5,11-12H2,1-4H3,(H2,19,20,21). The van der Waals surface area contributed by atoms with E-state index in [-0.39, 0.29) is 0 Å². The zero-order valence-electron chi connectivity index (χ0n) is 14.3. The molecule has 5 heteroatoms. The third-order valence-corrected chi connectivity index (χ3v) is 4.87. The number of rotatable bonds is 6. The van der Waals surface area contributed by atoms with Crippen LogP contribution >= 0.6 is 11.3 Å². The number of aryl methyl sites for hydroxylation is 2. The highest BCUT2D eigenvalue weighted by Crippen LogP contribution is 2.18. The van der Waals surface area contributed by atoms with E-state index in [2.05, 4.69) is 53.7 Å². The van der Waals surface area contributed by atoms with Gasteiger partial charge < -0.3 is 15.4 Å². The largest absolute Gasteiger partial charge is 0.496 e. The normalized spacial score (nSPS) is 11.4. The van der Waals surface area contributed by atoms with Crippen molar-refractivity contribution >= 4 is 17.3 Å². The Kier molecular flexibility index (Phi) is 6.47. The SMILES string of the molecule is CCc1ccc(CNC(=NC)NCc2ccc(OC)c(C)c2)s1. The molecule has 0 aliphatic heterocycles. The first-order valence-electron chi connectivity index (χ1n) is 7.82. The predicted molar refractivity (Wildman–Crippen MR) is 98.5 cm³/mol. The van der Waals surface area contributed by atoms with E-state index in [0.717, 1.165) is 36.8 Å². The Labute approximate surface area is 142 Å². The van der Waals surface area contributed by atoms with Gasteiger partial charge in [-0.05, 0) is 42.7 Å². The van der Waals surface area contributed by atoms with Gasteiger partial charge in [0.05, 0.1) is 13.7 Å². The number of benzene rings is 1. The molecule has 4 nitrogen and oxygen atoms in total. The average molecular weight is 331 g/mol. The van der Waals surface area contributed by atoms with E-state index in [1.165, 1.54) is 15.3 Å². The molecular weight excluding hydrogens is 306 g/mol. The number of methoxy groups -OCH3 is 1. The van der Waals surface area contributed by atoms with Gasteiger partial charge in [-0.3, -0.25) is 4.99 Å². The van der Waals surface area contributed by atoms with Crippen LogP contribution in [0.1, 0.15) is 27.8 Å². The van der Waals surface area contributed by atoms with Crippen molar-refractivity contribution in [3.63, 3.8) is 0 Å². The Morgan fingerprint density at radius 2 is 1.87 bits per heavy atom. The molecule has 0 fully saturated rings. The molecule has 0 saturated carbocycles. The summed E-state index contributed by atoms with van der Waals surface area (Å²) in [5.74, 6) is 1.73. The Bertz CT molecular complexity index is 664. The number of guanidine groups is 1. The monoisotopic (exact) mass is 331 g/mol. The van der Waals surface area contributed by atoms with Crippen molar-refractivity contribution in [2.45, 2.75) is 33.4 Å². The molecule has 1 aromatic heterocycles. The summed E-state index contributed by atoms with van der Waals surface area (Å²) in [5.41, 5.74) is 2.34. The first kappa shape index (κ1) is 17.3. The van der Waals surface area contributed by atoms with E-state index in [1.54, 1.807) is 14.2 Å². The lowest BCUT2D eigenvalue weighted by molar-refractivity contribution is 0.411. The lowest BCUT2D eigenvalue weighted by Gasteiger charge is -2.12. The molecule has 0 saturated heterocycles. The van der Waals surface area contributed by atoms with E-state index < -0.39 is 0 Å². The summed E-state index contributed by atoms with van der Waals surface area (Å²) in [5, 5.41) is 6.70. The number of ether oxygens (including phenoxy) is 1. The molecule has 2 rings (SSSR count). The van der Waals surface area contributed by atoms with Crippen molar-refractivity contribution in [1.82, 2.24) is 10.6 Å². The van der Waals surface area contributed by atoms with Gasteiger partial charge in [0.1, 0.15) is 5.75 Å². The quantitative estimate of drug-likeness (QED) is 0.629. The van der Waals surface area contributed by atoms with Crippen LogP contribution in [0.25, 0.3) is 0 Å². The summed E-state index contributed by atoms with van der Waals surface area (Å²) in [4.78, 5) is 7.02. The molecule has 0 bridgehead atoms. The van der Waals surface area contributed by atoms with Gasteiger partial charge in [0.15, 0.2) is 5.96 Å². The molecule has 2 aromatic rings. The van der Waals surface area contributed by atoms with E-state index in [0.29, 0.717) is 0 Å². The average Bonchev–Trinajstić information content (AvgIpc) is 3.03. The predicted octanol–water partition coefficient (Wildman–Crippen LogP) is 3.49. The molecule has 1 aromatic carbocycles. The molecule has 0 atom stereocenters.